The van der Waals surface area contributed by atoms with Gasteiger partial charge in [0.15, 0.2) is 10.9 Å². The highest BCUT2D eigenvalue weighted by atomic mass is 32.1. The Bertz CT molecular complexity index is 1040. The predicted molar refractivity (Wildman–Crippen MR) is 126 cm³/mol. The smallest absolute Gasteiger partial charge is 0.240 e. The maximum Gasteiger partial charge on any atom is 0.240 e. The van der Waals surface area contributed by atoms with E-state index < -0.39 is 0 Å². The van der Waals surface area contributed by atoms with Crippen molar-refractivity contribution in [1.29, 1.82) is 0 Å². The van der Waals surface area contributed by atoms with E-state index in [0.717, 1.165) is 43.0 Å². The van der Waals surface area contributed by atoms with Crippen LogP contribution in [0.25, 0.3) is 11.3 Å². The van der Waals surface area contributed by atoms with Crippen molar-refractivity contribution < 1.29 is 4.79 Å². The normalized spacial score (nSPS) is 16.1. The number of thiazole rings is 1. The molecular weight excluding hydrogens is 408 g/mol. The molecule has 31 heavy (non-hydrogen) atoms. The number of aryl methyl sites for hydroxylation is 2. The summed E-state index contributed by atoms with van der Waals surface area (Å²) in [5, 5.41) is 13.8. The number of hydrogen-bond donors (Lipinski definition) is 1. The third kappa shape index (κ3) is 5.26. The molecule has 2 aromatic heterocycles. The summed E-state index contributed by atoms with van der Waals surface area (Å²) in [5.41, 5.74) is 4.46. The minimum absolute atomic E-state index is 0.0486. The first-order valence-electron chi connectivity index (χ1n) is 10.6. The summed E-state index contributed by atoms with van der Waals surface area (Å²) in [4.78, 5) is 21.5. The van der Waals surface area contributed by atoms with Crippen molar-refractivity contribution in [2.45, 2.75) is 32.7 Å². The first-order chi connectivity index (χ1) is 15.0. The molecule has 1 N–H and O–H groups in total. The SMILES string of the molecule is Cc1ccc(-c2csc(NC(=O)CN(C)CC3CCCN3c3cccnn3)n2)cc1C. The Morgan fingerprint density at radius 3 is 2.94 bits per heavy atom. The van der Waals surface area contributed by atoms with Crippen LogP contribution in [-0.2, 0) is 4.79 Å². The van der Waals surface area contributed by atoms with Gasteiger partial charge in [-0.3, -0.25) is 9.69 Å². The van der Waals surface area contributed by atoms with Crippen LogP contribution in [0.2, 0.25) is 0 Å². The van der Waals surface area contributed by atoms with Gasteiger partial charge in [0.25, 0.3) is 0 Å². The van der Waals surface area contributed by atoms with Crippen molar-refractivity contribution in [1.82, 2.24) is 20.1 Å². The van der Waals surface area contributed by atoms with Crippen molar-refractivity contribution in [3.8, 4) is 11.3 Å². The third-order valence-electron chi connectivity index (χ3n) is 5.72. The fourth-order valence-electron chi connectivity index (χ4n) is 3.97. The van der Waals surface area contributed by atoms with Crippen LogP contribution in [0.3, 0.4) is 0 Å². The average molecular weight is 437 g/mol. The number of rotatable bonds is 7. The zero-order valence-electron chi connectivity index (χ0n) is 18.2. The largest absolute Gasteiger partial charge is 0.351 e. The summed E-state index contributed by atoms with van der Waals surface area (Å²) in [6.07, 6.45) is 3.91. The van der Waals surface area contributed by atoms with Crippen molar-refractivity contribution in [2.24, 2.45) is 0 Å². The number of benzene rings is 1. The van der Waals surface area contributed by atoms with Crippen LogP contribution in [0.1, 0.15) is 24.0 Å². The van der Waals surface area contributed by atoms with Crippen molar-refractivity contribution in [2.75, 3.05) is 36.9 Å². The van der Waals surface area contributed by atoms with Gasteiger partial charge in [0.05, 0.1) is 12.2 Å². The fraction of sp³-hybridized carbons (Fsp3) is 0.391. The standard InChI is InChI=1S/C23H28N6OS/c1-16-8-9-18(12-17(16)2)20-15-31-23(25-20)26-22(30)14-28(3)13-19-6-5-11-29(19)21-7-4-10-24-27-21/h4,7-10,12,15,19H,5-6,11,13-14H2,1-3H3,(H,25,26,30). The Morgan fingerprint density at radius 2 is 2.16 bits per heavy atom. The predicted octanol–water partition coefficient (Wildman–Crippen LogP) is 3.76. The number of nitrogens with one attached hydrogen (secondary N) is 1. The molecule has 0 radical (unpaired) electrons. The van der Waals surface area contributed by atoms with E-state index in [0.29, 0.717) is 17.7 Å². The molecule has 0 bridgehead atoms. The molecule has 0 aliphatic carbocycles. The third-order valence-corrected chi connectivity index (χ3v) is 6.48. The van der Waals surface area contributed by atoms with Gasteiger partial charge >= 0.3 is 0 Å². The molecule has 1 aliphatic heterocycles. The zero-order valence-corrected chi connectivity index (χ0v) is 19.0. The first kappa shape index (κ1) is 21.4. The zero-order chi connectivity index (χ0) is 21.8. The maximum atomic E-state index is 12.6. The molecule has 0 spiro atoms. The van der Waals surface area contributed by atoms with Crippen molar-refractivity contribution in [3.05, 3.63) is 53.0 Å². The molecule has 1 atom stereocenters. The van der Waals surface area contributed by atoms with Crippen molar-refractivity contribution >= 4 is 28.2 Å². The summed E-state index contributed by atoms with van der Waals surface area (Å²) in [6.45, 7) is 6.29. The Kier molecular flexibility index (Phi) is 6.58. The molecule has 1 fully saturated rings. The lowest BCUT2D eigenvalue weighted by Gasteiger charge is -2.28. The highest BCUT2D eigenvalue weighted by molar-refractivity contribution is 7.14. The van der Waals surface area contributed by atoms with Crippen LogP contribution in [-0.4, -0.2) is 58.7 Å². The number of amides is 1. The Morgan fingerprint density at radius 1 is 1.29 bits per heavy atom. The van der Waals surface area contributed by atoms with E-state index in [2.05, 4.69) is 62.3 Å². The van der Waals surface area contributed by atoms with Crippen LogP contribution in [0.15, 0.2) is 41.9 Å². The number of anilines is 2. The van der Waals surface area contributed by atoms with Gasteiger partial charge in [0, 0.05) is 36.3 Å². The summed E-state index contributed by atoms with van der Waals surface area (Å²) in [7, 11) is 1.98. The van der Waals surface area contributed by atoms with Gasteiger partial charge in [-0.25, -0.2) is 4.98 Å². The second kappa shape index (κ2) is 9.53. The molecule has 3 aromatic rings. The number of likely N-dealkylation sites (N-methyl/N-ethyl adjacent to an activating group) is 1. The molecule has 1 saturated heterocycles. The Labute approximate surface area is 187 Å². The quantitative estimate of drug-likeness (QED) is 0.608. The van der Waals surface area contributed by atoms with Gasteiger partial charge in [-0.1, -0.05) is 12.1 Å². The molecule has 1 unspecified atom stereocenters. The van der Waals surface area contributed by atoms with E-state index in [1.807, 2.05) is 24.6 Å². The average Bonchev–Trinajstić information content (AvgIpc) is 3.40. The van der Waals surface area contributed by atoms with Gasteiger partial charge < -0.3 is 10.2 Å². The summed E-state index contributed by atoms with van der Waals surface area (Å²) in [6, 6.07) is 10.5. The molecule has 7 nitrogen and oxygen atoms in total. The molecule has 8 heteroatoms. The first-order valence-corrected chi connectivity index (χ1v) is 11.4. The highest BCUT2D eigenvalue weighted by Gasteiger charge is 2.27. The van der Waals surface area contributed by atoms with Crippen LogP contribution in [0.5, 0.6) is 0 Å². The lowest BCUT2D eigenvalue weighted by atomic mass is 10.1. The summed E-state index contributed by atoms with van der Waals surface area (Å²) in [5.74, 6) is 0.858. The monoisotopic (exact) mass is 436 g/mol. The minimum atomic E-state index is -0.0486. The van der Waals surface area contributed by atoms with Crippen LogP contribution in [0.4, 0.5) is 10.9 Å². The minimum Gasteiger partial charge on any atom is -0.351 e. The molecule has 1 aromatic carbocycles. The van der Waals surface area contributed by atoms with Gasteiger partial charge in [-0.05, 0) is 63.1 Å². The number of aromatic nitrogens is 3. The van der Waals surface area contributed by atoms with Gasteiger partial charge in [0.1, 0.15) is 0 Å². The van der Waals surface area contributed by atoms with E-state index in [4.69, 9.17) is 0 Å². The second-order valence-corrected chi connectivity index (χ2v) is 9.01. The highest BCUT2D eigenvalue weighted by Crippen LogP contribution is 2.27. The molecule has 1 aliphatic rings. The number of carbonyl (C=O) groups is 1. The Hall–Kier alpha value is -2.84. The lowest BCUT2D eigenvalue weighted by molar-refractivity contribution is -0.117. The Balaban J connectivity index is 1.31. The summed E-state index contributed by atoms with van der Waals surface area (Å²) < 4.78 is 0. The van der Waals surface area contributed by atoms with Crippen LogP contribution < -0.4 is 10.2 Å². The molecule has 4 rings (SSSR count). The van der Waals surface area contributed by atoms with E-state index >= 15 is 0 Å². The second-order valence-electron chi connectivity index (χ2n) is 8.15. The van der Waals surface area contributed by atoms with E-state index in [9.17, 15) is 4.79 Å². The molecule has 0 saturated carbocycles. The van der Waals surface area contributed by atoms with E-state index in [-0.39, 0.29) is 5.91 Å². The molecule has 1 amide bonds. The van der Waals surface area contributed by atoms with Gasteiger partial charge in [-0.15, -0.1) is 16.4 Å². The summed E-state index contributed by atoms with van der Waals surface area (Å²) >= 11 is 1.46. The maximum absolute atomic E-state index is 12.6. The molecular formula is C23H28N6OS. The van der Waals surface area contributed by atoms with Gasteiger partial charge in [-0.2, -0.15) is 5.10 Å². The van der Waals surface area contributed by atoms with E-state index in [1.54, 1.807) is 6.20 Å². The van der Waals surface area contributed by atoms with Gasteiger partial charge in [0.2, 0.25) is 5.91 Å². The molecule has 3 heterocycles. The number of nitrogens with zero attached hydrogens (tertiary/aromatic N) is 5. The van der Waals surface area contributed by atoms with Crippen LogP contribution >= 0.6 is 11.3 Å². The fourth-order valence-corrected chi connectivity index (χ4v) is 4.70. The van der Waals surface area contributed by atoms with E-state index in [1.165, 1.54) is 22.5 Å². The number of carbonyl (C=O) groups excluding carboxylic acids is 1. The van der Waals surface area contributed by atoms with Crippen LogP contribution in [0, 0.1) is 13.8 Å². The molecule has 162 valence electrons. The lowest BCUT2D eigenvalue weighted by Crippen LogP contribution is -2.42. The van der Waals surface area contributed by atoms with Crippen molar-refractivity contribution in [3.63, 3.8) is 0 Å². The topological polar surface area (TPSA) is 74.2 Å². The number of hydrogen-bond acceptors (Lipinski definition) is 7.